The van der Waals surface area contributed by atoms with Crippen molar-refractivity contribution in [2.45, 2.75) is 18.3 Å². The first-order chi connectivity index (χ1) is 8.56. The van der Waals surface area contributed by atoms with E-state index >= 15 is 0 Å². The number of pyridine rings is 1. The van der Waals surface area contributed by atoms with E-state index in [9.17, 15) is 10.2 Å². The van der Waals surface area contributed by atoms with Crippen LogP contribution in [0.25, 0.3) is 5.65 Å². The Balaban J connectivity index is 2.16. The second kappa shape index (κ2) is 4.36. The minimum Gasteiger partial charge on any atom is -0.388 e. The van der Waals surface area contributed by atoms with Gasteiger partial charge in [-0.1, -0.05) is 23.2 Å². The average molecular weight is 289 g/mol. The van der Waals surface area contributed by atoms with Gasteiger partial charge in [0.25, 0.3) is 0 Å². The highest BCUT2D eigenvalue weighted by molar-refractivity contribution is 6.31. The molecule has 2 aromatic heterocycles. The zero-order chi connectivity index (χ0) is 12.9. The topological polar surface area (TPSA) is 67.0 Å². The molecule has 3 heterocycles. The third-order valence-electron chi connectivity index (χ3n) is 2.97. The maximum absolute atomic E-state index is 9.88. The highest BCUT2D eigenvalue weighted by atomic mass is 35.5. The normalized spacial score (nSPS) is 28.1. The predicted molar refractivity (Wildman–Crippen MR) is 65.9 cm³/mol. The lowest BCUT2D eigenvalue weighted by molar-refractivity contribution is 0.0229. The Labute approximate surface area is 113 Å². The van der Waals surface area contributed by atoms with Crippen molar-refractivity contribution in [1.29, 1.82) is 0 Å². The van der Waals surface area contributed by atoms with Crippen LogP contribution in [0.1, 0.15) is 11.7 Å². The van der Waals surface area contributed by atoms with Gasteiger partial charge >= 0.3 is 0 Å². The van der Waals surface area contributed by atoms with Crippen molar-refractivity contribution in [2.24, 2.45) is 0 Å². The number of rotatable bonds is 1. The van der Waals surface area contributed by atoms with Gasteiger partial charge in [0.2, 0.25) is 0 Å². The molecule has 0 amide bonds. The summed E-state index contributed by atoms with van der Waals surface area (Å²) in [4.78, 5) is 4.16. The fourth-order valence-electron chi connectivity index (χ4n) is 2.14. The Morgan fingerprint density at radius 2 is 2.11 bits per heavy atom. The number of hydrogen-bond acceptors (Lipinski definition) is 4. The van der Waals surface area contributed by atoms with Crippen LogP contribution in [0.5, 0.6) is 0 Å². The maximum Gasteiger partial charge on any atom is 0.148 e. The summed E-state index contributed by atoms with van der Waals surface area (Å²) in [5, 5.41) is 20.2. The van der Waals surface area contributed by atoms with E-state index in [-0.39, 0.29) is 6.61 Å². The van der Waals surface area contributed by atoms with Gasteiger partial charge in [0, 0.05) is 18.0 Å². The van der Waals surface area contributed by atoms with Crippen LogP contribution in [0.15, 0.2) is 18.5 Å². The van der Waals surface area contributed by atoms with Crippen LogP contribution >= 0.6 is 23.2 Å². The van der Waals surface area contributed by atoms with Crippen LogP contribution in [-0.2, 0) is 4.74 Å². The Morgan fingerprint density at radius 1 is 1.33 bits per heavy atom. The third kappa shape index (κ3) is 1.88. The molecule has 1 saturated heterocycles. The van der Waals surface area contributed by atoms with Crippen molar-refractivity contribution in [3.63, 3.8) is 0 Å². The van der Waals surface area contributed by atoms with Gasteiger partial charge in [-0.05, 0) is 6.07 Å². The largest absolute Gasteiger partial charge is 0.388 e. The molecule has 0 aliphatic carbocycles. The highest BCUT2D eigenvalue weighted by Crippen LogP contribution is 2.33. The standard InChI is InChI=1S/C11H10Cl2N2O3/c12-5-1-6(10-9(17)7(16)4-18-10)11-14-8(13)3-15(11)2-5/h1-3,7,9-10,16-17H,4H2/t7-,9+,10?/m1/s1. The van der Waals surface area contributed by atoms with Crippen LogP contribution < -0.4 is 0 Å². The monoisotopic (exact) mass is 288 g/mol. The van der Waals surface area contributed by atoms with Gasteiger partial charge in [-0.2, -0.15) is 0 Å². The van der Waals surface area contributed by atoms with Crippen molar-refractivity contribution < 1.29 is 14.9 Å². The molecular formula is C11H10Cl2N2O3. The zero-order valence-electron chi connectivity index (χ0n) is 9.12. The van der Waals surface area contributed by atoms with Gasteiger partial charge in [-0.15, -0.1) is 0 Å². The number of nitrogens with zero attached hydrogens (tertiary/aromatic N) is 2. The summed E-state index contributed by atoms with van der Waals surface area (Å²) >= 11 is 11.9. The molecule has 1 fully saturated rings. The minimum atomic E-state index is -0.997. The SMILES string of the molecule is O[C@@H]1COC(c2cc(Cl)cn3cc(Cl)nc23)[C@H]1O. The number of imidazole rings is 1. The first kappa shape index (κ1) is 12.2. The number of fused-ring (bicyclic) bond motifs is 1. The summed E-state index contributed by atoms with van der Waals surface area (Å²) in [6, 6.07) is 1.66. The molecule has 5 nitrogen and oxygen atoms in total. The minimum absolute atomic E-state index is 0.0823. The van der Waals surface area contributed by atoms with E-state index < -0.39 is 18.3 Å². The number of aliphatic hydroxyl groups is 2. The summed E-state index contributed by atoms with van der Waals surface area (Å²) < 4.78 is 7.05. The van der Waals surface area contributed by atoms with Crippen LogP contribution in [0.3, 0.4) is 0 Å². The highest BCUT2D eigenvalue weighted by Gasteiger charge is 2.37. The van der Waals surface area contributed by atoms with E-state index in [0.29, 0.717) is 21.4 Å². The zero-order valence-corrected chi connectivity index (χ0v) is 10.6. The van der Waals surface area contributed by atoms with Crippen molar-refractivity contribution >= 4 is 28.8 Å². The molecule has 0 aromatic carbocycles. The Morgan fingerprint density at radius 3 is 2.78 bits per heavy atom. The predicted octanol–water partition coefficient (Wildman–Crippen LogP) is 1.43. The first-order valence-electron chi connectivity index (χ1n) is 5.37. The molecule has 0 spiro atoms. The maximum atomic E-state index is 9.88. The van der Waals surface area contributed by atoms with Gasteiger partial charge in [-0.25, -0.2) is 4.98 Å². The number of aromatic nitrogens is 2. The van der Waals surface area contributed by atoms with Crippen molar-refractivity contribution in [1.82, 2.24) is 9.38 Å². The molecule has 18 heavy (non-hydrogen) atoms. The Hall–Kier alpha value is -0.850. The molecule has 0 bridgehead atoms. The smallest absolute Gasteiger partial charge is 0.148 e. The summed E-state index contributed by atoms with van der Waals surface area (Å²) in [6.07, 6.45) is 0.725. The first-order valence-corrected chi connectivity index (χ1v) is 6.13. The van der Waals surface area contributed by atoms with Gasteiger partial charge in [0.15, 0.2) is 0 Å². The molecule has 1 unspecified atom stereocenters. The average Bonchev–Trinajstić information content (AvgIpc) is 2.82. The molecule has 2 aromatic rings. The molecule has 2 N–H and O–H groups in total. The van der Waals surface area contributed by atoms with Gasteiger partial charge < -0.3 is 19.4 Å². The fraction of sp³-hybridized carbons (Fsp3) is 0.364. The van der Waals surface area contributed by atoms with Crippen LogP contribution in [0.4, 0.5) is 0 Å². The van der Waals surface area contributed by atoms with Gasteiger partial charge in [0.05, 0.1) is 11.6 Å². The van der Waals surface area contributed by atoms with E-state index in [4.69, 9.17) is 27.9 Å². The van der Waals surface area contributed by atoms with Gasteiger partial charge in [0.1, 0.15) is 29.1 Å². The number of ether oxygens (including phenoxy) is 1. The summed E-state index contributed by atoms with van der Waals surface area (Å²) in [5.74, 6) is 0. The summed E-state index contributed by atoms with van der Waals surface area (Å²) in [5.41, 5.74) is 1.17. The molecular weight excluding hydrogens is 279 g/mol. The lowest BCUT2D eigenvalue weighted by Gasteiger charge is -2.16. The number of halogens is 2. The molecule has 7 heteroatoms. The molecule has 3 atom stereocenters. The Kier molecular flexibility index (Phi) is 2.96. The van der Waals surface area contributed by atoms with Crippen molar-refractivity contribution in [2.75, 3.05) is 6.61 Å². The summed E-state index contributed by atoms with van der Waals surface area (Å²) in [7, 11) is 0. The van der Waals surface area contributed by atoms with Gasteiger partial charge in [-0.3, -0.25) is 0 Å². The van der Waals surface area contributed by atoms with Crippen LogP contribution in [0, 0.1) is 0 Å². The van der Waals surface area contributed by atoms with Crippen molar-refractivity contribution in [3.8, 4) is 0 Å². The van der Waals surface area contributed by atoms with Crippen LogP contribution in [-0.4, -0.2) is 38.4 Å². The lowest BCUT2D eigenvalue weighted by Crippen LogP contribution is -2.25. The molecule has 0 radical (unpaired) electrons. The second-order valence-electron chi connectivity index (χ2n) is 4.22. The molecule has 1 aliphatic heterocycles. The molecule has 3 rings (SSSR count). The lowest BCUT2D eigenvalue weighted by atomic mass is 10.0. The van der Waals surface area contributed by atoms with Crippen molar-refractivity contribution in [3.05, 3.63) is 34.2 Å². The van der Waals surface area contributed by atoms with E-state index in [1.165, 1.54) is 0 Å². The van der Waals surface area contributed by atoms with E-state index in [1.54, 1.807) is 22.9 Å². The Bertz CT molecular complexity index is 601. The molecule has 96 valence electrons. The molecule has 0 saturated carbocycles. The summed E-state index contributed by atoms with van der Waals surface area (Å²) in [6.45, 7) is 0.0823. The van der Waals surface area contributed by atoms with Crippen LogP contribution in [0.2, 0.25) is 10.2 Å². The number of hydrogen-bond donors (Lipinski definition) is 2. The number of aliphatic hydroxyl groups excluding tert-OH is 2. The van der Waals surface area contributed by atoms with E-state index in [2.05, 4.69) is 4.98 Å². The molecule has 1 aliphatic rings. The third-order valence-corrected chi connectivity index (χ3v) is 3.36. The fourth-order valence-corrected chi connectivity index (χ4v) is 2.55. The van der Waals surface area contributed by atoms with E-state index in [1.807, 2.05) is 0 Å². The quantitative estimate of drug-likeness (QED) is 0.833. The second-order valence-corrected chi connectivity index (χ2v) is 5.04. The van der Waals surface area contributed by atoms with E-state index in [0.717, 1.165) is 0 Å².